The first-order valence-electron chi connectivity index (χ1n) is 7.21. The Kier molecular flexibility index (Phi) is 4.63. The maximum Gasteiger partial charge on any atom is 0.255 e. The van der Waals surface area contributed by atoms with E-state index in [0.29, 0.717) is 11.6 Å². The smallest absolute Gasteiger partial charge is 0.255 e. The number of carbonyl (C=O) groups excluding carboxylic acids is 1. The quantitative estimate of drug-likeness (QED) is 0.874. The summed E-state index contributed by atoms with van der Waals surface area (Å²) < 4.78 is 0. The highest BCUT2D eigenvalue weighted by molar-refractivity contribution is 6.04. The maximum atomic E-state index is 12.3. The summed E-state index contributed by atoms with van der Waals surface area (Å²) in [5, 5.41) is 6.33. The van der Waals surface area contributed by atoms with Crippen molar-refractivity contribution in [2.45, 2.75) is 33.7 Å². The minimum Gasteiger partial charge on any atom is -0.383 e. The molecule has 2 aromatic rings. The van der Waals surface area contributed by atoms with Crippen molar-refractivity contribution < 1.29 is 4.79 Å². The summed E-state index contributed by atoms with van der Waals surface area (Å²) >= 11 is 0. The van der Waals surface area contributed by atoms with E-state index < -0.39 is 0 Å². The first-order chi connectivity index (χ1) is 9.95. The van der Waals surface area contributed by atoms with Crippen LogP contribution in [-0.4, -0.2) is 11.9 Å². The molecule has 0 spiro atoms. The average Bonchev–Trinajstić information content (AvgIpc) is 2.42. The molecule has 0 unspecified atom stereocenters. The van der Waals surface area contributed by atoms with Gasteiger partial charge in [-0.25, -0.2) is 0 Å². The standard InChI is InChI=1S/C18H22N2O/c1-12(2)19-17-11-16(9-8-14(17)4)20-18(21)15-7-5-6-13(3)10-15/h5-12,19H,1-4H3,(H,20,21). The molecule has 0 radical (unpaired) electrons. The molecule has 2 aromatic carbocycles. The Labute approximate surface area is 126 Å². The number of carbonyl (C=O) groups is 1. The number of hydrogen-bond donors (Lipinski definition) is 2. The van der Waals surface area contributed by atoms with Crippen molar-refractivity contribution in [2.75, 3.05) is 10.6 Å². The second-order valence-electron chi connectivity index (χ2n) is 5.65. The van der Waals surface area contributed by atoms with Crippen LogP contribution in [-0.2, 0) is 0 Å². The van der Waals surface area contributed by atoms with Gasteiger partial charge in [-0.05, 0) is 57.5 Å². The summed E-state index contributed by atoms with van der Waals surface area (Å²) in [6, 6.07) is 13.8. The van der Waals surface area contributed by atoms with Crippen LogP contribution in [0.4, 0.5) is 11.4 Å². The van der Waals surface area contributed by atoms with Crippen LogP contribution in [0.25, 0.3) is 0 Å². The lowest BCUT2D eigenvalue weighted by Gasteiger charge is -2.15. The molecule has 0 heterocycles. The zero-order valence-corrected chi connectivity index (χ0v) is 13.0. The molecule has 0 aromatic heterocycles. The SMILES string of the molecule is Cc1cccc(C(=O)Nc2ccc(C)c(NC(C)C)c2)c1. The monoisotopic (exact) mass is 282 g/mol. The normalized spacial score (nSPS) is 10.5. The van der Waals surface area contributed by atoms with Crippen molar-refractivity contribution in [3.63, 3.8) is 0 Å². The first kappa shape index (κ1) is 15.1. The van der Waals surface area contributed by atoms with E-state index in [-0.39, 0.29) is 5.91 Å². The van der Waals surface area contributed by atoms with Gasteiger partial charge in [-0.2, -0.15) is 0 Å². The molecule has 0 aliphatic rings. The molecular weight excluding hydrogens is 260 g/mol. The Balaban J connectivity index is 2.17. The van der Waals surface area contributed by atoms with E-state index in [0.717, 1.165) is 22.5 Å². The molecule has 1 amide bonds. The Bertz CT molecular complexity index is 647. The van der Waals surface area contributed by atoms with Gasteiger partial charge in [0.2, 0.25) is 0 Å². The largest absolute Gasteiger partial charge is 0.383 e. The number of rotatable bonds is 4. The van der Waals surface area contributed by atoms with Gasteiger partial charge >= 0.3 is 0 Å². The molecular formula is C18H22N2O. The van der Waals surface area contributed by atoms with E-state index in [1.807, 2.05) is 49.4 Å². The summed E-state index contributed by atoms with van der Waals surface area (Å²) in [5.74, 6) is -0.0851. The van der Waals surface area contributed by atoms with Crippen molar-refractivity contribution in [1.82, 2.24) is 0 Å². The lowest BCUT2D eigenvalue weighted by Crippen LogP contribution is -2.14. The fourth-order valence-electron chi connectivity index (χ4n) is 2.16. The fraction of sp³-hybridized carbons (Fsp3) is 0.278. The van der Waals surface area contributed by atoms with Crippen LogP contribution in [0.5, 0.6) is 0 Å². The molecule has 3 nitrogen and oxygen atoms in total. The molecule has 2 N–H and O–H groups in total. The van der Waals surface area contributed by atoms with E-state index >= 15 is 0 Å². The molecule has 0 fully saturated rings. The van der Waals surface area contributed by atoms with Crippen LogP contribution in [0.15, 0.2) is 42.5 Å². The van der Waals surface area contributed by atoms with Crippen LogP contribution in [0.1, 0.15) is 35.3 Å². The summed E-state index contributed by atoms with van der Waals surface area (Å²) in [6.45, 7) is 8.22. The predicted octanol–water partition coefficient (Wildman–Crippen LogP) is 4.38. The molecule has 2 rings (SSSR count). The van der Waals surface area contributed by atoms with Crippen molar-refractivity contribution in [3.8, 4) is 0 Å². The molecule has 21 heavy (non-hydrogen) atoms. The van der Waals surface area contributed by atoms with Crippen LogP contribution in [0, 0.1) is 13.8 Å². The number of anilines is 2. The van der Waals surface area contributed by atoms with Gasteiger partial charge in [0.1, 0.15) is 0 Å². The summed E-state index contributed by atoms with van der Waals surface area (Å²) in [6.07, 6.45) is 0. The fourth-order valence-corrected chi connectivity index (χ4v) is 2.16. The van der Waals surface area contributed by atoms with Crippen molar-refractivity contribution in [1.29, 1.82) is 0 Å². The average molecular weight is 282 g/mol. The number of hydrogen-bond acceptors (Lipinski definition) is 2. The summed E-state index contributed by atoms with van der Waals surface area (Å²) in [7, 11) is 0. The third kappa shape index (κ3) is 4.09. The van der Waals surface area contributed by atoms with Crippen molar-refractivity contribution in [3.05, 3.63) is 59.2 Å². The van der Waals surface area contributed by atoms with Gasteiger partial charge in [0.05, 0.1) is 0 Å². The number of benzene rings is 2. The molecule has 0 saturated carbocycles. The third-order valence-corrected chi connectivity index (χ3v) is 3.22. The van der Waals surface area contributed by atoms with E-state index in [4.69, 9.17) is 0 Å². The molecule has 110 valence electrons. The molecule has 3 heteroatoms. The van der Waals surface area contributed by atoms with Gasteiger partial charge in [-0.3, -0.25) is 4.79 Å². The van der Waals surface area contributed by atoms with Gasteiger partial charge < -0.3 is 10.6 Å². The van der Waals surface area contributed by atoms with Crippen LogP contribution < -0.4 is 10.6 Å². The van der Waals surface area contributed by atoms with E-state index in [1.165, 1.54) is 0 Å². The minimum absolute atomic E-state index is 0.0851. The number of amides is 1. The van der Waals surface area contributed by atoms with Crippen molar-refractivity contribution in [2.24, 2.45) is 0 Å². The predicted molar refractivity (Wildman–Crippen MR) is 89.1 cm³/mol. The second kappa shape index (κ2) is 6.44. The highest BCUT2D eigenvalue weighted by Crippen LogP contribution is 2.21. The maximum absolute atomic E-state index is 12.3. The molecule has 0 saturated heterocycles. The second-order valence-corrected chi connectivity index (χ2v) is 5.65. The lowest BCUT2D eigenvalue weighted by atomic mass is 10.1. The van der Waals surface area contributed by atoms with Crippen LogP contribution >= 0.6 is 0 Å². The number of aryl methyl sites for hydroxylation is 2. The number of nitrogens with one attached hydrogen (secondary N) is 2. The topological polar surface area (TPSA) is 41.1 Å². The first-order valence-corrected chi connectivity index (χ1v) is 7.21. The summed E-state index contributed by atoms with van der Waals surface area (Å²) in [5.41, 5.74) is 4.77. The Morgan fingerprint density at radius 3 is 2.48 bits per heavy atom. The minimum atomic E-state index is -0.0851. The van der Waals surface area contributed by atoms with E-state index in [1.54, 1.807) is 0 Å². The van der Waals surface area contributed by atoms with Gasteiger partial charge in [0.15, 0.2) is 0 Å². The Morgan fingerprint density at radius 1 is 1.05 bits per heavy atom. The van der Waals surface area contributed by atoms with Crippen LogP contribution in [0.3, 0.4) is 0 Å². The summed E-state index contributed by atoms with van der Waals surface area (Å²) in [4.78, 5) is 12.3. The molecule has 0 aliphatic carbocycles. The Hall–Kier alpha value is -2.29. The highest BCUT2D eigenvalue weighted by Gasteiger charge is 2.08. The zero-order valence-electron chi connectivity index (χ0n) is 13.0. The lowest BCUT2D eigenvalue weighted by molar-refractivity contribution is 0.102. The van der Waals surface area contributed by atoms with Crippen molar-refractivity contribution >= 4 is 17.3 Å². The van der Waals surface area contributed by atoms with Crippen LogP contribution in [0.2, 0.25) is 0 Å². The highest BCUT2D eigenvalue weighted by atomic mass is 16.1. The van der Waals surface area contributed by atoms with Gasteiger partial charge in [-0.15, -0.1) is 0 Å². The molecule has 0 bridgehead atoms. The van der Waals surface area contributed by atoms with Gasteiger partial charge in [0.25, 0.3) is 5.91 Å². The Morgan fingerprint density at radius 2 is 1.81 bits per heavy atom. The van der Waals surface area contributed by atoms with Gasteiger partial charge in [-0.1, -0.05) is 23.8 Å². The van der Waals surface area contributed by atoms with E-state index in [9.17, 15) is 4.79 Å². The van der Waals surface area contributed by atoms with Gasteiger partial charge in [0, 0.05) is 23.0 Å². The third-order valence-electron chi connectivity index (χ3n) is 3.22. The van der Waals surface area contributed by atoms with E-state index in [2.05, 4.69) is 31.4 Å². The molecule has 0 atom stereocenters. The molecule has 0 aliphatic heterocycles. The zero-order chi connectivity index (χ0) is 15.4.